The molecular weight excluding hydrogens is 258 g/mol. The number of nitrogens with zero attached hydrogens (tertiary/aromatic N) is 2. The fraction of sp³-hybridized carbons (Fsp3) is 0.0667. The van der Waals surface area contributed by atoms with Gasteiger partial charge in [-0.05, 0) is 42.8 Å². The lowest BCUT2D eigenvalue weighted by Crippen LogP contribution is -1.96. The summed E-state index contributed by atoms with van der Waals surface area (Å²) in [5.74, 6) is 1.51. The number of aromatic nitrogens is 2. The number of fused-ring (bicyclic) bond motifs is 1. The Labute approximate surface area is 116 Å². The summed E-state index contributed by atoms with van der Waals surface area (Å²) >= 11 is 6.15. The van der Waals surface area contributed by atoms with Gasteiger partial charge in [0.25, 0.3) is 0 Å². The van der Waals surface area contributed by atoms with Crippen LogP contribution in [0, 0.1) is 6.92 Å². The van der Waals surface area contributed by atoms with Crippen molar-refractivity contribution in [1.82, 2.24) is 9.97 Å². The van der Waals surface area contributed by atoms with E-state index in [9.17, 15) is 0 Å². The molecule has 94 valence electrons. The molecule has 1 N–H and O–H groups in total. The van der Waals surface area contributed by atoms with E-state index in [-0.39, 0.29) is 0 Å². The number of halogens is 1. The Morgan fingerprint density at radius 1 is 1.05 bits per heavy atom. The van der Waals surface area contributed by atoms with Crippen molar-refractivity contribution in [3.63, 3.8) is 0 Å². The van der Waals surface area contributed by atoms with E-state index >= 15 is 0 Å². The molecule has 0 bridgehead atoms. The van der Waals surface area contributed by atoms with Crippen molar-refractivity contribution in [3.8, 4) is 0 Å². The maximum Gasteiger partial charge on any atom is 0.132 e. The first-order valence-electron chi connectivity index (χ1n) is 5.97. The lowest BCUT2D eigenvalue weighted by molar-refractivity contribution is 1.25. The van der Waals surface area contributed by atoms with Crippen LogP contribution >= 0.6 is 11.6 Å². The van der Waals surface area contributed by atoms with Crippen molar-refractivity contribution in [2.75, 3.05) is 5.32 Å². The minimum Gasteiger partial charge on any atom is -0.325 e. The molecular formula is C15H12ClN3. The SMILES string of the molecule is Cc1ccnc(Nc2ccc3cccc(Cl)c3n2)c1. The number of hydrogen-bond acceptors (Lipinski definition) is 3. The average molecular weight is 270 g/mol. The van der Waals surface area contributed by atoms with Crippen LogP contribution in [0.25, 0.3) is 10.9 Å². The van der Waals surface area contributed by atoms with Crippen LogP contribution < -0.4 is 5.32 Å². The lowest BCUT2D eigenvalue weighted by atomic mass is 10.2. The second-order valence-electron chi connectivity index (χ2n) is 4.35. The molecule has 3 nitrogen and oxygen atoms in total. The highest BCUT2D eigenvalue weighted by atomic mass is 35.5. The van der Waals surface area contributed by atoms with Crippen molar-refractivity contribution in [3.05, 3.63) is 59.2 Å². The average Bonchev–Trinajstić information content (AvgIpc) is 2.40. The molecule has 0 aliphatic heterocycles. The Hall–Kier alpha value is -2.13. The van der Waals surface area contributed by atoms with Gasteiger partial charge in [-0.15, -0.1) is 0 Å². The Morgan fingerprint density at radius 3 is 2.79 bits per heavy atom. The third kappa shape index (κ3) is 2.51. The summed E-state index contributed by atoms with van der Waals surface area (Å²) in [6, 6.07) is 13.6. The van der Waals surface area contributed by atoms with Gasteiger partial charge in [-0.1, -0.05) is 23.7 Å². The van der Waals surface area contributed by atoms with Gasteiger partial charge in [0.15, 0.2) is 0 Å². The van der Waals surface area contributed by atoms with E-state index in [4.69, 9.17) is 11.6 Å². The van der Waals surface area contributed by atoms with Gasteiger partial charge < -0.3 is 5.32 Å². The molecule has 0 spiro atoms. The van der Waals surface area contributed by atoms with Crippen molar-refractivity contribution in [1.29, 1.82) is 0 Å². The number of pyridine rings is 2. The predicted octanol–water partition coefficient (Wildman–Crippen LogP) is 4.34. The number of hydrogen-bond donors (Lipinski definition) is 1. The van der Waals surface area contributed by atoms with Gasteiger partial charge in [-0.3, -0.25) is 0 Å². The number of aryl methyl sites for hydroxylation is 1. The van der Waals surface area contributed by atoms with E-state index in [1.54, 1.807) is 6.20 Å². The second kappa shape index (κ2) is 4.86. The van der Waals surface area contributed by atoms with Crippen molar-refractivity contribution >= 4 is 34.1 Å². The van der Waals surface area contributed by atoms with Gasteiger partial charge in [0.2, 0.25) is 0 Å². The summed E-state index contributed by atoms with van der Waals surface area (Å²) in [4.78, 5) is 8.77. The van der Waals surface area contributed by atoms with Crippen LogP contribution in [0.5, 0.6) is 0 Å². The Kier molecular flexibility index (Phi) is 3.05. The zero-order valence-corrected chi connectivity index (χ0v) is 11.1. The first-order chi connectivity index (χ1) is 9.22. The second-order valence-corrected chi connectivity index (χ2v) is 4.76. The molecule has 0 atom stereocenters. The van der Waals surface area contributed by atoms with Crippen molar-refractivity contribution in [2.24, 2.45) is 0 Å². The third-order valence-corrected chi connectivity index (χ3v) is 3.15. The topological polar surface area (TPSA) is 37.8 Å². The Bertz CT molecular complexity index is 740. The molecule has 0 unspecified atom stereocenters. The molecule has 0 saturated heterocycles. The minimum atomic E-state index is 0.651. The van der Waals surface area contributed by atoms with Gasteiger partial charge in [0, 0.05) is 11.6 Å². The maximum absolute atomic E-state index is 6.15. The van der Waals surface area contributed by atoms with Crippen LogP contribution in [0.4, 0.5) is 11.6 Å². The number of nitrogens with one attached hydrogen (secondary N) is 1. The minimum absolute atomic E-state index is 0.651. The molecule has 0 saturated carbocycles. The van der Waals surface area contributed by atoms with Crippen LogP contribution in [-0.2, 0) is 0 Å². The van der Waals surface area contributed by atoms with Crippen LogP contribution in [0.3, 0.4) is 0 Å². The molecule has 0 fully saturated rings. The summed E-state index contributed by atoms with van der Waals surface area (Å²) < 4.78 is 0. The Morgan fingerprint density at radius 2 is 1.95 bits per heavy atom. The predicted molar refractivity (Wildman–Crippen MR) is 79.0 cm³/mol. The number of anilines is 2. The summed E-state index contributed by atoms with van der Waals surface area (Å²) in [5.41, 5.74) is 1.94. The maximum atomic E-state index is 6.15. The van der Waals surface area contributed by atoms with E-state index in [0.717, 1.165) is 28.1 Å². The zero-order chi connectivity index (χ0) is 13.2. The first kappa shape index (κ1) is 11.9. The summed E-state index contributed by atoms with van der Waals surface area (Å²) in [7, 11) is 0. The molecule has 1 aromatic carbocycles. The molecule has 0 amide bonds. The summed E-state index contributed by atoms with van der Waals surface area (Å²) in [6.45, 7) is 2.03. The molecule has 3 aromatic rings. The van der Waals surface area contributed by atoms with Gasteiger partial charge in [-0.25, -0.2) is 9.97 Å². The van der Waals surface area contributed by atoms with E-state index in [2.05, 4.69) is 15.3 Å². The number of rotatable bonds is 2. The quantitative estimate of drug-likeness (QED) is 0.752. The summed E-state index contributed by atoms with van der Waals surface area (Å²) in [5, 5.41) is 4.86. The van der Waals surface area contributed by atoms with Crippen molar-refractivity contribution < 1.29 is 0 Å². The summed E-state index contributed by atoms with van der Waals surface area (Å²) in [6.07, 6.45) is 1.77. The lowest BCUT2D eigenvalue weighted by Gasteiger charge is -2.07. The van der Waals surface area contributed by atoms with E-state index < -0.39 is 0 Å². The molecule has 3 rings (SSSR count). The van der Waals surface area contributed by atoms with Crippen molar-refractivity contribution in [2.45, 2.75) is 6.92 Å². The van der Waals surface area contributed by atoms with E-state index in [0.29, 0.717) is 5.02 Å². The van der Waals surface area contributed by atoms with Gasteiger partial charge in [0.05, 0.1) is 10.5 Å². The van der Waals surface area contributed by atoms with Crippen LogP contribution in [-0.4, -0.2) is 9.97 Å². The highest BCUT2D eigenvalue weighted by Gasteiger charge is 2.03. The largest absolute Gasteiger partial charge is 0.325 e. The normalized spacial score (nSPS) is 10.6. The molecule has 2 heterocycles. The Balaban J connectivity index is 2.00. The van der Waals surface area contributed by atoms with E-state index in [1.807, 2.05) is 49.4 Å². The fourth-order valence-corrected chi connectivity index (χ4v) is 2.14. The first-order valence-corrected chi connectivity index (χ1v) is 6.35. The fourth-order valence-electron chi connectivity index (χ4n) is 1.92. The van der Waals surface area contributed by atoms with Crippen LogP contribution in [0.1, 0.15) is 5.56 Å². The van der Waals surface area contributed by atoms with Gasteiger partial charge >= 0.3 is 0 Å². The highest BCUT2D eigenvalue weighted by molar-refractivity contribution is 6.35. The molecule has 4 heteroatoms. The monoisotopic (exact) mass is 269 g/mol. The molecule has 2 aromatic heterocycles. The van der Waals surface area contributed by atoms with Crippen LogP contribution in [0.15, 0.2) is 48.7 Å². The van der Waals surface area contributed by atoms with Gasteiger partial charge in [0.1, 0.15) is 11.6 Å². The molecule has 0 aliphatic rings. The van der Waals surface area contributed by atoms with Crippen LogP contribution in [0.2, 0.25) is 5.02 Å². The zero-order valence-electron chi connectivity index (χ0n) is 10.4. The smallest absolute Gasteiger partial charge is 0.132 e. The standard InChI is InChI=1S/C15H12ClN3/c1-10-7-8-17-14(9-10)18-13-6-5-11-3-2-4-12(16)15(11)19-13/h2-9H,1H3,(H,17,18,19). The van der Waals surface area contributed by atoms with Gasteiger partial charge in [-0.2, -0.15) is 0 Å². The molecule has 19 heavy (non-hydrogen) atoms. The number of para-hydroxylation sites is 1. The number of benzene rings is 1. The van der Waals surface area contributed by atoms with E-state index in [1.165, 1.54) is 0 Å². The highest BCUT2D eigenvalue weighted by Crippen LogP contribution is 2.24. The molecule has 0 aliphatic carbocycles. The third-order valence-electron chi connectivity index (χ3n) is 2.84. The molecule has 0 radical (unpaired) electrons.